The van der Waals surface area contributed by atoms with Crippen molar-refractivity contribution in [3.8, 4) is 5.75 Å². The Balaban J connectivity index is 2.29. The van der Waals surface area contributed by atoms with Crippen molar-refractivity contribution in [1.29, 1.82) is 0 Å². The Hall–Kier alpha value is -2.33. The van der Waals surface area contributed by atoms with E-state index < -0.39 is 0 Å². The van der Waals surface area contributed by atoms with Gasteiger partial charge in [-0.25, -0.2) is 0 Å². The predicted molar refractivity (Wildman–Crippen MR) is 87.4 cm³/mol. The van der Waals surface area contributed by atoms with Crippen molar-refractivity contribution in [3.05, 3.63) is 53.1 Å². The minimum Gasteiger partial charge on any atom is -0.497 e. The first-order valence-corrected chi connectivity index (χ1v) is 7.10. The Morgan fingerprint density at radius 2 is 1.82 bits per heavy atom. The van der Waals surface area contributed by atoms with E-state index in [0.29, 0.717) is 16.3 Å². The maximum atomic E-state index is 12.2. The lowest BCUT2D eigenvalue weighted by molar-refractivity contribution is -0.116. The zero-order valence-corrected chi connectivity index (χ0v) is 13.1. The average Bonchev–Trinajstić information content (AvgIpc) is 2.49. The SMILES string of the molecule is COc1ccc(Nc2ccc(Cl)cc2C(=O)CC(C)=O)cc1. The molecule has 2 aromatic carbocycles. The second kappa shape index (κ2) is 7.09. The molecule has 0 unspecified atom stereocenters. The summed E-state index contributed by atoms with van der Waals surface area (Å²) in [6.07, 6.45) is -0.141. The van der Waals surface area contributed by atoms with Gasteiger partial charge in [-0.2, -0.15) is 0 Å². The molecule has 0 fully saturated rings. The van der Waals surface area contributed by atoms with E-state index >= 15 is 0 Å². The van der Waals surface area contributed by atoms with Crippen LogP contribution in [-0.4, -0.2) is 18.7 Å². The normalized spacial score (nSPS) is 10.1. The third-order valence-corrected chi connectivity index (χ3v) is 3.30. The molecule has 0 atom stereocenters. The first-order valence-electron chi connectivity index (χ1n) is 6.73. The Kier molecular flexibility index (Phi) is 5.17. The minimum atomic E-state index is -0.258. The van der Waals surface area contributed by atoms with E-state index in [1.54, 1.807) is 25.3 Å². The van der Waals surface area contributed by atoms with Crippen molar-refractivity contribution < 1.29 is 14.3 Å². The Morgan fingerprint density at radius 3 is 2.41 bits per heavy atom. The van der Waals surface area contributed by atoms with Crippen molar-refractivity contribution in [2.75, 3.05) is 12.4 Å². The van der Waals surface area contributed by atoms with Gasteiger partial charge in [0, 0.05) is 22.0 Å². The summed E-state index contributed by atoms with van der Waals surface area (Å²) in [5, 5.41) is 3.61. The third kappa shape index (κ3) is 4.09. The number of ether oxygens (including phenoxy) is 1. The number of hydrogen-bond acceptors (Lipinski definition) is 4. The van der Waals surface area contributed by atoms with Gasteiger partial charge >= 0.3 is 0 Å². The van der Waals surface area contributed by atoms with Gasteiger partial charge in [0.25, 0.3) is 0 Å². The summed E-state index contributed by atoms with van der Waals surface area (Å²) >= 11 is 5.96. The number of ketones is 2. The summed E-state index contributed by atoms with van der Waals surface area (Å²) in [6.45, 7) is 1.39. The first kappa shape index (κ1) is 16.0. The molecule has 0 aliphatic heterocycles. The summed E-state index contributed by atoms with van der Waals surface area (Å²) in [7, 11) is 1.60. The molecular weight excluding hydrogens is 302 g/mol. The van der Waals surface area contributed by atoms with E-state index in [4.69, 9.17) is 16.3 Å². The molecule has 4 nitrogen and oxygen atoms in total. The first-order chi connectivity index (χ1) is 10.5. The molecule has 0 bridgehead atoms. The number of nitrogens with one attached hydrogen (secondary N) is 1. The second-order valence-electron chi connectivity index (χ2n) is 4.85. The highest BCUT2D eigenvalue weighted by molar-refractivity contribution is 6.31. The van der Waals surface area contributed by atoms with Gasteiger partial charge in [0.15, 0.2) is 5.78 Å². The van der Waals surface area contributed by atoms with E-state index in [-0.39, 0.29) is 18.0 Å². The van der Waals surface area contributed by atoms with Gasteiger partial charge in [0.1, 0.15) is 11.5 Å². The van der Waals surface area contributed by atoms with Crippen LogP contribution in [0.2, 0.25) is 5.02 Å². The van der Waals surface area contributed by atoms with Crippen molar-refractivity contribution in [3.63, 3.8) is 0 Å². The van der Waals surface area contributed by atoms with Gasteiger partial charge in [0.05, 0.1) is 13.5 Å². The van der Waals surface area contributed by atoms with E-state index in [1.807, 2.05) is 24.3 Å². The molecule has 0 saturated heterocycles. The standard InChI is InChI=1S/C17H16ClNO3/c1-11(20)9-17(21)15-10-12(18)3-8-16(15)19-13-4-6-14(22-2)7-5-13/h3-8,10,19H,9H2,1-2H3. The lowest BCUT2D eigenvalue weighted by atomic mass is 10.0. The summed E-state index contributed by atoms with van der Waals surface area (Å²) < 4.78 is 5.10. The van der Waals surface area contributed by atoms with Gasteiger partial charge in [-0.3, -0.25) is 9.59 Å². The van der Waals surface area contributed by atoms with Crippen LogP contribution in [0, 0.1) is 0 Å². The predicted octanol–water partition coefficient (Wildman–Crippen LogP) is 4.25. The van der Waals surface area contributed by atoms with Crippen LogP contribution in [0.3, 0.4) is 0 Å². The van der Waals surface area contributed by atoms with E-state index in [0.717, 1.165) is 11.4 Å². The molecule has 22 heavy (non-hydrogen) atoms. The van der Waals surface area contributed by atoms with Crippen LogP contribution in [0.15, 0.2) is 42.5 Å². The largest absolute Gasteiger partial charge is 0.497 e. The zero-order chi connectivity index (χ0) is 16.1. The summed E-state index contributed by atoms with van der Waals surface area (Å²) in [6, 6.07) is 12.3. The highest BCUT2D eigenvalue weighted by atomic mass is 35.5. The van der Waals surface area contributed by atoms with E-state index in [2.05, 4.69) is 5.32 Å². The molecular formula is C17H16ClNO3. The van der Waals surface area contributed by atoms with E-state index in [9.17, 15) is 9.59 Å². The Morgan fingerprint density at radius 1 is 1.14 bits per heavy atom. The molecule has 0 radical (unpaired) electrons. The number of benzene rings is 2. The maximum Gasteiger partial charge on any atom is 0.172 e. The number of carbonyl (C=O) groups excluding carboxylic acids is 2. The molecule has 2 aromatic rings. The molecule has 5 heteroatoms. The third-order valence-electron chi connectivity index (χ3n) is 3.06. The van der Waals surface area contributed by atoms with Crippen molar-refractivity contribution in [2.24, 2.45) is 0 Å². The van der Waals surface area contributed by atoms with Crippen LogP contribution in [0.25, 0.3) is 0 Å². The number of halogens is 1. The van der Waals surface area contributed by atoms with Crippen LogP contribution in [0.1, 0.15) is 23.7 Å². The van der Waals surface area contributed by atoms with Crippen LogP contribution in [-0.2, 0) is 4.79 Å². The van der Waals surface area contributed by atoms with Gasteiger partial charge in [-0.1, -0.05) is 11.6 Å². The monoisotopic (exact) mass is 317 g/mol. The number of hydrogen-bond donors (Lipinski definition) is 1. The van der Waals surface area contributed by atoms with Crippen molar-refractivity contribution >= 4 is 34.5 Å². The highest BCUT2D eigenvalue weighted by Crippen LogP contribution is 2.26. The fraction of sp³-hybridized carbons (Fsp3) is 0.176. The zero-order valence-electron chi connectivity index (χ0n) is 12.4. The van der Waals surface area contributed by atoms with Crippen LogP contribution < -0.4 is 10.1 Å². The lowest BCUT2D eigenvalue weighted by Gasteiger charge is -2.12. The molecule has 0 aromatic heterocycles. The minimum absolute atomic E-state index is 0.141. The number of Topliss-reactive ketones (excluding diaryl/α,β-unsaturated/α-hetero) is 2. The number of rotatable bonds is 6. The van der Waals surface area contributed by atoms with E-state index in [1.165, 1.54) is 6.92 Å². The molecule has 2 rings (SSSR count). The molecule has 0 saturated carbocycles. The topological polar surface area (TPSA) is 55.4 Å². The lowest BCUT2D eigenvalue weighted by Crippen LogP contribution is -2.08. The maximum absolute atomic E-state index is 12.2. The summed E-state index contributed by atoms with van der Waals surface area (Å²) in [5.41, 5.74) is 1.82. The van der Waals surface area contributed by atoms with Crippen LogP contribution in [0.4, 0.5) is 11.4 Å². The Labute approximate surface area is 134 Å². The van der Waals surface area contributed by atoms with Crippen LogP contribution in [0.5, 0.6) is 5.75 Å². The molecule has 1 N–H and O–H groups in total. The number of carbonyl (C=O) groups is 2. The average molecular weight is 318 g/mol. The summed E-state index contributed by atoms with van der Waals surface area (Å²) in [5.74, 6) is 0.306. The summed E-state index contributed by atoms with van der Waals surface area (Å²) in [4.78, 5) is 23.3. The fourth-order valence-corrected chi connectivity index (χ4v) is 2.18. The molecule has 0 amide bonds. The number of anilines is 2. The van der Waals surface area contributed by atoms with Crippen molar-refractivity contribution in [1.82, 2.24) is 0 Å². The Bertz CT molecular complexity index is 696. The quantitative estimate of drug-likeness (QED) is 0.639. The molecule has 0 aliphatic carbocycles. The highest BCUT2D eigenvalue weighted by Gasteiger charge is 2.14. The van der Waals surface area contributed by atoms with Gasteiger partial charge in [-0.05, 0) is 49.4 Å². The molecule has 0 aliphatic rings. The molecule has 0 spiro atoms. The smallest absolute Gasteiger partial charge is 0.172 e. The van der Waals surface area contributed by atoms with Gasteiger partial charge < -0.3 is 10.1 Å². The van der Waals surface area contributed by atoms with Gasteiger partial charge in [0.2, 0.25) is 0 Å². The van der Waals surface area contributed by atoms with Crippen molar-refractivity contribution in [2.45, 2.75) is 13.3 Å². The van der Waals surface area contributed by atoms with Gasteiger partial charge in [-0.15, -0.1) is 0 Å². The number of methoxy groups -OCH3 is 1. The molecule has 0 heterocycles. The van der Waals surface area contributed by atoms with Crippen LogP contribution >= 0.6 is 11.6 Å². The fourth-order valence-electron chi connectivity index (χ4n) is 2.01. The molecule has 114 valence electrons. The second-order valence-corrected chi connectivity index (χ2v) is 5.28.